The Kier molecular flexibility index (Phi) is 9.61. The van der Waals surface area contributed by atoms with Gasteiger partial charge in [0.2, 0.25) is 21.8 Å². The molecule has 34 heavy (non-hydrogen) atoms. The monoisotopic (exact) mass is 491 g/mol. The van der Waals surface area contributed by atoms with Gasteiger partial charge in [-0.25, -0.2) is 12.8 Å². The highest BCUT2D eigenvalue weighted by Gasteiger charge is 2.32. The van der Waals surface area contributed by atoms with Crippen LogP contribution in [0.15, 0.2) is 48.5 Å². The van der Waals surface area contributed by atoms with Crippen molar-refractivity contribution < 1.29 is 22.4 Å². The van der Waals surface area contributed by atoms with Gasteiger partial charge in [0.1, 0.15) is 18.4 Å². The Balaban J connectivity index is 2.42. The van der Waals surface area contributed by atoms with Crippen molar-refractivity contribution >= 4 is 27.5 Å². The van der Waals surface area contributed by atoms with Crippen molar-refractivity contribution in [2.24, 2.45) is 5.92 Å². The summed E-state index contributed by atoms with van der Waals surface area (Å²) in [6.07, 6.45) is 1.25. The van der Waals surface area contributed by atoms with Gasteiger partial charge in [0.15, 0.2) is 0 Å². The van der Waals surface area contributed by atoms with Gasteiger partial charge < -0.3 is 10.2 Å². The lowest BCUT2D eigenvalue weighted by atomic mass is 10.1. The molecule has 0 bridgehead atoms. The first kappa shape index (κ1) is 27.3. The zero-order chi connectivity index (χ0) is 25.5. The average Bonchev–Trinajstić information content (AvgIpc) is 2.77. The van der Waals surface area contributed by atoms with Crippen LogP contribution >= 0.6 is 0 Å². The fourth-order valence-electron chi connectivity index (χ4n) is 3.48. The minimum atomic E-state index is -3.98. The van der Waals surface area contributed by atoms with E-state index in [-0.39, 0.29) is 24.1 Å². The molecule has 0 spiro atoms. The number of amides is 2. The largest absolute Gasteiger partial charge is 0.354 e. The van der Waals surface area contributed by atoms with Crippen molar-refractivity contribution in [3.8, 4) is 0 Å². The molecule has 1 atom stereocenters. The first-order valence-electron chi connectivity index (χ1n) is 11.3. The third kappa shape index (κ3) is 7.55. The van der Waals surface area contributed by atoms with E-state index in [0.29, 0.717) is 13.0 Å². The van der Waals surface area contributed by atoms with Gasteiger partial charge in [-0.1, -0.05) is 62.7 Å². The van der Waals surface area contributed by atoms with Gasteiger partial charge in [0.25, 0.3) is 0 Å². The minimum Gasteiger partial charge on any atom is -0.354 e. The van der Waals surface area contributed by atoms with E-state index in [1.54, 1.807) is 6.92 Å². The molecule has 2 aromatic carbocycles. The maximum Gasteiger partial charge on any atom is 0.244 e. The van der Waals surface area contributed by atoms with Gasteiger partial charge in [-0.2, -0.15) is 0 Å². The van der Waals surface area contributed by atoms with E-state index in [2.05, 4.69) is 5.32 Å². The summed E-state index contributed by atoms with van der Waals surface area (Å²) in [6.45, 7) is 7.61. The Morgan fingerprint density at radius 3 is 2.21 bits per heavy atom. The van der Waals surface area contributed by atoms with Gasteiger partial charge in [0, 0.05) is 13.1 Å². The number of aryl methyl sites for hydroxylation is 1. The van der Waals surface area contributed by atoms with Crippen molar-refractivity contribution in [1.29, 1.82) is 0 Å². The Morgan fingerprint density at radius 2 is 1.68 bits per heavy atom. The van der Waals surface area contributed by atoms with E-state index < -0.39 is 34.3 Å². The maximum absolute atomic E-state index is 14.4. The number of sulfonamides is 1. The molecule has 1 unspecified atom stereocenters. The van der Waals surface area contributed by atoms with Crippen LogP contribution in [0.1, 0.15) is 38.3 Å². The number of para-hydroxylation sites is 1. The van der Waals surface area contributed by atoms with Crippen molar-refractivity contribution in [2.45, 2.75) is 46.7 Å². The fraction of sp³-hybridized carbons (Fsp3) is 0.440. The third-order valence-electron chi connectivity index (χ3n) is 5.34. The molecule has 9 heteroatoms. The number of carbonyl (C=O) groups excluding carboxylic acids is 2. The van der Waals surface area contributed by atoms with Gasteiger partial charge >= 0.3 is 0 Å². The number of hydrogen-bond acceptors (Lipinski definition) is 4. The molecule has 0 aliphatic rings. The lowest BCUT2D eigenvalue weighted by molar-refractivity contribution is -0.140. The summed E-state index contributed by atoms with van der Waals surface area (Å²) in [5.74, 6) is -1.44. The molecule has 0 heterocycles. The molecule has 0 fully saturated rings. The average molecular weight is 492 g/mol. The number of nitrogens with one attached hydrogen (secondary N) is 1. The van der Waals surface area contributed by atoms with Crippen LogP contribution in [0.25, 0.3) is 0 Å². The Morgan fingerprint density at radius 1 is 1.06 bits per heavy atom. The topological polar surface area (TPSA) is 86.8 Å². The van der Waals surface area contributed by atoms with Gasteiger partial charge in [0.05, 0.1) is 11.9 Å². The Labute approximate surface area is 202 Å². The number of nitrogens with zero attached hydrogens (tertiary/aromatic N) is 2. The molecule has 0 aliphatic heterocycles. The minimum absolute atomic E-state index is 0.113. The number of anilines is 1. The van der Waals surface area contributed by atoms with E-state index in [0.717, 1.165) is 27.8 Å². The zero-order valence-corrected chi connectivity index (χ0v) is 21.2. The van der Waals surface area contributed by atoms with Crippen molar-refractivity contribution in [2.75, 3.05) is 23.7 Å². The molecule has 0 saturated heterocycles. The molecule has 0 aliphatic carbocycles. The number of hydrogen-bond donors (Lipinski definition) is 1. The lowest BCUT2D eigenvalue weighted by Crippen LogP contribution is -2.52. The second kappa shape index (κ2) is 12.0. The van der Waals surface area contributed by atoms with E-state index >= 15 is 0 Å². The quantitative estimate of drug-likeness (QED) is 0.521. The number of benzene rings is 2. The summed E-state index contributed by atoms with van der Waals surface area (Å²) in [5, 5.41) is 2.86. The molecule has 186 valence electrons. The van der Waals surface area contributed by atoms with Crippen LogP contribution < -0.4 is 9.62 Å². The van der Waals surface area contributed by atoms with Crippen LogP contribution in [-0.2, 0) is 26.2 Å². The van der Waals surface area contributed by atoms with Gasteiger partial charge in [-0.05, 0) is 37.0 Å². The highest BCUT2D eigenvalue weighted by molar-refractivity contribution is 7.92. The predicted octanol–water partition coefficient (Wildman–Crippen LogP) is 3.48. The van der Waals surface area contributed by atoms with Crippen LogP contribution in [0.3, 0.4) is 0 Å². The second-order valence-electron chi connectivity index (χ2n) is 8.79. The zero-order valence-electron chi connectivity index (χ0n) is 20.4. The summed E-state index contributed by atoms with van der Waals surface area (Å²) in [7, 11) is -3.98. The maximum atomic E-state index is 14.4. The highest BCUT2D eigenvalue weighted by Crippen LogP contribution is 2.22. The van der Waals surface area contributed by atoms with Gasteiger partial charge in [-0.15, -0.1) is 0 Å². The number of rotatable bonds is 11. The summed E-state index contributed by atoms with van der Waals surface area (Å²) in [6, 6.07) is 12.1. The molecule has 1 N–H and O–H groups in total. The summed E-state index contributed by atoms with van der Waals surface area (Å²) < 4.78 is 40.2. The molecule has 0 radical (unpaired) electrons. The SMILES string of the molecule is CCC(C(=O)NCC(C)C)N(Cc1ccc(C)cc1)C(=O)CN(c1ccccc1F)S(C)(=O)=O. The molecule has 2 amide bonds. The Hall–Kier alpha value is -2.94. The van der Waals surface area contributed by atoms with E-state index in [1.165, 1.54) is 23.1 Å². The molecular weight excluding hydrogens is 457 g/mol. The summed E-state index contributed by atoms with van der Waals surface area (Å²) in [5.41, 5.74) is 1.63. The lowest BCUT2D eigenvalue weighted by Gasteiger charge is -2.33. The summed E-state index contributed by atoms with van der Waals surface area (Å²) in [4.78, 5) is 27.9. The van der Waals surface area contributed by atoms with Crippen molar-refractivity contribution in [3.63, 3.8) is 0 Å². The Bertz CT molecular complexity index is 1090. The number of halogens is 1. The third-order valence-corrected chi connectivity index (χ3v) is 6.47. The van der Waals surface area contributed by atoms with Crippen molar-refractivity contribution in [1.82, 2.24) is 10.2 Å². The van der Waals surface area contributed by atoms with Crippen LogP contribution in [0.2, 0.25) is 0 Å². The standard InChI is InChI=1S/C25H34FN3O4S/c1-6-22(25(31)27-15-18(2)3)28(16-20-13-11-19(4)12-14-20)24(30)17-29(34(5,32)33)23-10-8-7-9-21(23)26/h7-14,18,22H,6,15-17H2,1-5H3,(H,27,31). The fourth-order valence-corrected chi connectivity index (χ4v) is 4.33. The second-order valence-corrected chi connectivity index (χ2v) is 10.7. The summed E-state index contributed by atoms with van der Waals surface area (Å²) >= 11 is 0. The smallest absolute Gasteiger partial charge is 0.244 e. The van der Waals surface area contributed by atoms with E-state index in [1.807, 2.05) is 45.0 Å². The molecule has 0 saturated carbocycles. The van der Waals surface area contributed by atoms with Crippen LogP contribution in [0, 0.1) is 18.7 Å². The normalized spacial score (nSPS) is 12.3. The van der Waals surface area contributed by atoms with Crippen LogP contribution in [-0.4, -0.2) is 50.5 Å². The van der Waals surface area contributed by atoms with E-state index in [9.17, 15) is 22.4 Å². The van der Waals surface area contributed by atoms with Gasteiger partial charge in [-0.3, -0.25) is 13.9 Å². The molecule has 0 aromatic heterocycles. The molecule has 2 rings (SSSR count). The highest BCUT2D eigenvalue weighted by atomic mass is 32.2. The van der Waals surface area contributed by atoms with Crippen LogP contribution in [0.4, 0.5) is 10.1 Å². The van der Waals surface area contributed by atoms with E-state index in [4.69, 9.17) is 0 Å². The predicted molar refractivity (Wildman–Crippen MR) is 132 cm³/mol. The first-order valence-corrected chi connectivity index (χ1v) is 13.1. The molecule has 2 aromatic rings. The van der Waals surface area contributed by atoms with Crippen molar-refractivity contribution in [3.05, 3.63) is 65.5 Å². The molecule has 7 nitrogen and oxygen atoms in total. The van der Waals surface area contributed by atoms with Crippen LogP contribution in [0.5, 0.6) is 0 Å². The first-order chi connectivity index (χ1) is 15.9. The molecular formula is C25H34FN3O4S. The number of carbonyl (C=O) groups is 2.